The summed E-state index contributed by atoms with van der Waals surface area (Å²) in [7, 11) is 0. The second-order valence-electron chi connectivity index (χ2n) is 5.86. The zero-order valence-electron chi connectivity index (χ0n) is 12.9. The molecule has 2 rings (SSSR count). The smallest absolute Gasteiger partial charge is 0.0348 e. The van der Waals surface area contributed by atoms with Crippen LogP contribution in [-0.4, -0.2) is 31.1 Å². The molecule has 2 heteroatoms. The normalized spacial score (nSPS) is 19.2. The van der Waals surface area contributed by atoms with Crippen LogP contribution < -0.4 is 5.32 Å². The minimum absolute atomic E-state index is 0.583. The zero-order chi connectivity index (χ0) is 13.8. The van der Waals surface area contributed by atoms with Gasteiger partial charge >= 0.3 is 0 Å². The zero-order valence-corrected chi connectivity index (χ0v) is 12.9. The molecule has 1 aliphatic rings. The van der Waals surface area contributed by atoms with Gasteiger partial charge in [-0.05, 0) is 62.4 Å². The second kappa shape index (κ2) is 6.53. The summed E-state index contributed by atoms with van der Waals surface area (Å²) in [5, 5.41) is 3.50. The molecule has 1 aliphatic heterocycles. The average Bonchev–Trinajstić information content (AvgIpc) is 2.65. The molecule has 0 spiro atoms. The van der Waals surface area contributed by atoms with Crippen LogP contribution in [0.1, 0.15) is 48.1 Å². The highest BCUT2D eigenvalue weighted by Crippen LogP contribution is 2.29. The van der Waals surface area contributed by atoms with Gasteiger partial charge in [0.15, 0.2) is 0 Å². The predicted octanol–water partition coefficient (Wildman–Crippen LogP) is 3.36. The van der Waals surface area contributed by atoms with Crippen molar-refractivity contribution in [3.63, 3.8) is 0 Å². The first-order valence-corrected chi connectivity index (χ1v) is 7.66. The predicted molar refractivity (Wildman–Crippen MR) is 82.7 cm³/mol. The lowest BCUT2D eigenvalue weighted by Gasteiger charge is -2.31. The molecule has 0 aromatic heterocycles. The van der Waals surface area contributed by atoms with Crippen LogP contribution in [0.4, 0.5) is 0 Å². The van der Waals surface area contributed by atoms with Crippen molar-refractivity contribution >= 4 is 0 Å². The summed E-state index contributed by atoms with van der Waals surface area (Å²) in [6, 6.07) is 5.35. The fourth-order valence-corrected chi connectivity index (χ4v) is 3.19. The van der Waals surface area contributed by atoms with Gasteiger partial charge in [-0.15, -0.1) is 0 Å². The summed E-state index contributed by atoms with van der Waals surface area (Å²) in [5.74, 6) is 0. The van der Waals surface area contributed by atoms with Gasteiger partial charge in [0, 0.05) is 25.7 Å². The number of aryl methyl sites for hydroxylation is 3. The first-order chi connectivity index (χ1) is 9.13. The van der Waals surface area contributed by atoms with Crippen molar-refractivity contribution in [3.05, 3.63) is 34.4 Å². The maximum atomic E-state index is 3.50. The van der Waals surface area contributed by atoms with E-state index < -0.39 is 0 Å². The SMILES string of the molecule is CCC(c1cc(C)c(C)cc1C)N1CCCNCC1. The lowest BCUT2D eigenvalue weighted by molar-refractivity contribution is 0.204. The quantitative estimate of drug-likeness (QED) is 0.896. The Hall–Kier alpha value is -0.860. The lowest BCUT2D eigenvalue weighted by Crippen LogP contribution is -2.32. The topological polar surface area (TPSA) is 15.3 Å². The van der Waals surface area contributed by atoms with Crippen molar-refractivity contribution in [1.29, 1.82) is 0 Å². The van der Waals surface area contributed by atoms with E-state index in [1.165, 1.54) is 54.7 Å². The molecule has 0 radical (unpaired) electrons. The Bertz CT molecular complexity index is 418. The molecule has 1 N–H and O–H groups in total. The van der Waals surface area contributed by atoms with Gasteiger partial charge in [-0.2, -0.15) is 0 Å². The number of nitrogens with zero attached hydrogens (tertiary/aromatic N) is 1. The monoisotopic (exact) mass is 260 g/mol. The van der Waals surface area contributed by atoms with Crippen LogP contribution in [0.25, 0.3) is 0 Å². The molecule has 0 bridgehead atoms. The number of nitrogens with one attached hydrogen (secondary N) is 1. The summed E-state index contributed by atoms with van der Waals surface area (Å²) in [6.45, 7) is 13.7. The summed E-state index contributed by atoms with van der Waals surface area (Å²) < 4.78 is 0. The molecule has 0 saturated carbocycles. The standard InChI is InChI=1S/C17H28N2/c1-5-17(19-9-6-7-18-8-10-19)16-12-14(3)13(2)11-15(16)4/h11-12,17-18H,5-10H2,1-4H3. The van der Waals surface area contributed by atoms with Gasteiger partial charge < -0.3 is 5.32 Å². The van der Waals surface area contributed by atoms with Crippen molar-refractivity contribution in [2.45, 2.75) is 46.6 Å². The molecular formula is C17H28N2. The van der Waals surface area contributed by atoms with E-state index >= 15 is 0 Å². The Morgan fingerprint density at radius 2 is 1.79 bits per heavy atom. The van der Waals surface area contributed by atoms with E-state index in [2.05, 4.69) is 50.0 Å². The van der Waals surface area contributed by atoms with Gasteiger partial charge in [-0.25, -0.2) is 0 Å². The Labute approximate surface area is 118 Å². The Kier molecular flexibility index (Phi) is 5.00. The molecule has 1 unspecified atom stereocenters. The number of hydrogen-bond donors (Lipinski definition) is 1. The van der Waals surface area contributed by atoms with Gasteiger partial charge in [0.25, 0.3) is 0 Å². The third kappa shape index (κ3) is 3.37. The van der Waals surface area contributed by atoms with Gasteiger partial charge in [0.2, 0.25) is 0 Å². The van der Waals surface area contributed by atoms with E-state index in [9.17, 15) is 0 Å². The lowest BCUT2D eigenvalue weighted by atomic mass is 9.93. The van der Waals surface area contributed by atoms with E-state index in [1.807, 2.05) is 0 Å². The fourth-order valence-electron chi connectivity index (χ4n) is 3.19. The third-order valence-corrected chi connectivity index (χ3v) is 4.44. The van der Waals surface area contributed by atoms with Crippen LogP contribution in [0.15, 0.2) is 12.1 Å². The van der Waals surface area contributed by atoms with Gasteiger partial charge in [0.1, 0.15) is 0 Å². The van der Waals surface area contributed by atoms with Crippen LogP contribution in [0, 0.1) is 20.8 Å². The van der Waals surface area contributed by atoms with E-state index in [-0.39, 0.29) is 0 Å². The van der Waals surface area contributed by atoms with Crippen LogP contribution >= 0.6 is 0 Å². The molecule has 2 nitrogen and oxygen atoms in total. The minimum Gasteiger partial charge on any atom is -0.315 e. The van der Waals surface area contributed by atoms with Gasteiger partial charge in [-0.3, -0.25) is 4.90 Å². The van der Waals surface area contributed by atoms with Crippen LogP contribution in [0.5, 0.6) is 0 Å². The average molecular weight is 260 g/mol. The summed E-state index contributed by atoms with van der Waals surface area (Å²) >= 11 is 0. The molecule has 1 aromatic rings. The van der Waals surface area contributed by atoms with Gasteiger partial charge in [-0.1, -0.05) is 19.1 Å². The molecule has 1 heterocycles. The second-order valence-corrected chi connectivity index (χ2v) is 5.86. The summed E-state index contributed by atoms with van der Waals surface area (Å²) in [6.07, 6.45) is 2.46. The Balaban J connectivity index is 2.27. The van der Waals surface area contributed by atoms with E-state index in [0.29, 0.717) is 6.04 Å². The third-order valence-electron chi connectivity index (χ3n) is 4.44. The highest BCUT2D eigenvalue weighted by atomic mass is 15.2. The van der Waals surface area contributed by atoms with Crippen LogP contribution in [0.3, 0.4) is 0 Å². The number of hydrogen-bond acceptors (Lipinski definition) is 2. The minimum atomic E-state index is 0.583. The van der Waals surface area contributed by atoms with E-state index in [1.54, 1.807) is 0 Å². The molecular weight excluding hydrogens is 232 g/mol. The molecule has 0 amide bonds. The largest absolute Gasteiger partial charge is 0.315 e. The molecule has 1 saturated heterocycles. The highest BCUT2D eigenvalue weighted by molar-refractivity contribution is 5.38. The maximum absolute atomic E-state index is 3.50. The number of benzene rings is 1. The first kappa shape index (κ1) is 14.5. The number of rotatable bonds is 3. The van der Waals surface area contributed by atoms with Crippen molar-refractivity contribution in [2.75, 3.05) is 26.2 Å². The van der Waals surface area contributed by atoms with E-state index in [0.717, 1.165) is 6.54 Å². The first-order valence-electron chi connectivity index (χ1n) is 7.66. The van der Waals surface area contributed by atoms with Crippen molar-refractivity contribution in [2.24, 2.45) is 0 Å². The van der Waals surface area contributed by atoms with Crippen molar-refractivity contribution in [3.8, 4) is 0 Å². The molecule has 1 aromatic carbocycles. The maximum Gasteiger partial charge on any atom is 0.0348 e. The molecule has 1 atom stereocenters. The Morgan fingerprint density at radius 1 is 1.05 bits per heavy atom. The molecule has 1 fully saturated rings. The van der Waals surface area contributed by atoms with Crippen LogP contribution in [0.2, 0.25) is 0 Å². The highest BCUT2D eigenvalue weighted by Gasteiger charge is 2.21. The molecule has 106 valence electrons. The van der Waals surface area contributed by atoms with Crippen molar-refractivity contribution < 1.29 is 0 Å². The van der Waals surface area contributed by atoms with Crippen LogP contribution in [-0.2, 0) is 0 Å². The Morgan fingerprint density at radius 3 is 2.53 bits per heavy atom. The van der Waals surface area contributed by atoms with E-state index in [4.69, 9.17) is 0 Å². The van der Waals surface area contributed by atoms with Gasteiger partial charge in [0.05, 0.1) is 0 Å². The fraction of sp³-hybridized carbons (Fsp3) is 0.647. The molecule has 0 aliphatic carbocycles. The summed E-state index contributed by atoms with van der Waals surface area (Å²) in [4.78, 5) is 2.66. The molecule has 19 heavy (non-hydrogen) atoms. The van der Waals surface area contributed by atoms with Crippen molar-refractivity contribution in [1.82, 2.24) is 10.2 Å². The summed E-state index contributed by atoms with van der Waals surface area (Å²) in [5.41, 5.74) is 5.82.